The van der Waals surface area contributed by atoms with Crippen LogP contribution >= 0.6 is 0 Å². The van der Waals surface area contributed by atoms with Gasteiger partial charge in [0.2, 0.25) is 11.8 Å². The minimum absolute atomic E-state index is 0.0960. The Morgan fingerprint density at radius 1 is 1.16 bits per heavy atom. The fourth-order valence-corrected chi connectivity index (χ4v) is 3.03. The number of nitrogens with zero attached hydrogens (tertiary/aromatic N) is 1. The molecule has 1 saturated carbocycles. The minimum Gasteiger partial charge on any atom is -0.369 e. The molecule has 2 rings (SSSR count). The third kappa shape index (κ3) is 4.18. The number of likely N-dealkylation sites (tertiary alicyclic amines) is 1. The first kappa shape index (κ1) is 14.3. The second-order valence-corrected chi connectivity index (χ2v) is 5.80. The molecule has 19 heavy (non-hydrogen) atoms. The molecular weight excluding hydrogens is 244 g/mol. The second kappa shape index (κ2) is 6.34. The van der Waals surface area contributed by atoms with Crippen molar-refractivity contribution in [2.75, 3.05) is 19.6 Å². The quantitative estimate of drug-likeness (QED) is 0.620. The molecule has 2 atom stereocenters. The molecule has 0 aromatic heterocycles. The zero-order valence-electron chi connectivity index (χ0n) is 11.3. The summed E-state index contributed by atoms with van der Waals surface area (Å²) >= 11 is 0. The lowest BCUT2D eigenvalue weighted by Gasteiger charge is -2.32. The van der Waals surface area contributed by atoms with Gasteiger partial charge in [-0.2, -0.15) is 0 Å². The summed E-state index contributed by atoms with van der Waals surface area (Å²) in [7, 11) is 0. The Hall–Kier alpha value is -1.14. The second-order valence-electron chi connectivity index (χ2n) is 5.80. The van der Waals surface area contributed by atoms with E-state index < -0.39 is 0 Å². The summed E-state index contributed by atoms with van der Waals surface area (Å²) in [5.74, 6) is -0.0395. The van der Waals surface area contributed by atoms with Crippen LogP contribution in [0.15, 0.2) is 0 Å². The normalized spacial score (nSPS) is 29.3. The van der Waals surface area contributed by atoms with E-state index in [4.69, 9.17) is 11.5 Å². The Labute approximate surface area is 113 Å². The third-order valence-electron chi connectivity index (χ3n) is 4.16. The maximum atomic E-state index is 12.1. The summed E-state index contributed by atoms with van der Waals surface area (Å²) in [6.45, 7) is 1.95. The van der Waals surface area contributed by atoms with E-state index in [2.05, 4.69) is 5.32 Å². The molecule has 0 aromatic carbocycles. The highest BCUT2D eigenvalue weighted by molar-refractivity contribution is 5.79. The molecule has 2 fully saturated rings. The summed E-state index contributed by atoms with van der Waals surface area (Å²) in [5, 5.41) is 3.12. The fraction of sp³-hybridized carbons (Fsp3) is 0.846. The maximum Gasteiger partial charge on any atom is 0.231 e. The molecule has 2 aliphatic rings. The van der Waals surface area contributed by atoms with Gasteiger partial charge in [-0.15, -0.1) is 0 Å². The van der Waals surface area contributed by atoms with Gasteiger partial charge < -0.3 is 16.8 Å². The van der Waals surface area contributed by atoms with Crippen LogP contribution in [0.3, 0.4) is 0 Å². The summed E-state index contributed by atoms with van der Waals surface area (Å²) in [4.78, 5) is 24.9. The number of hydrogen-bond acceptors (Lipinski definition) is 4. The van der Waals surface area contributed by atoms with Gasteiger partial charge >= 0.3 is 0 Å². The molecule has 0 bridgehead atoms. The molecular formula is C13H24N4O2. The average Bonchev–Trinajstić information content (AvgIpc) is 2.78. The highest BCUT2D eigenvalue weighted by atomic mass is 16.2. The van der Waals surface area contributed by atoms with Crippen LogP contribution in [0, 0.1) is 5.92 Å². The van der Waals surface area contributed by atoms with Crippen molar-refractivity contribution in [1.82, 2.24) is 10.2 Å². The lowest BCUT2D eigenvalue weighted by molar-refractivity contribution is -0.126. The van der Waals surface area contributed by atoms with Crippen molar-refractivity contribution >= 4 is 11.8 Å². The van der Waals surface area contributed by atoms with Crippen molar-refractivity contribution in [1.29, 1.82) is 0 Å². The van der Waals surface area contributed by atoms with E-state index >= 15 is 0 Å². The molecule has 0 radical (unpaired) electrons. The van der Waals surface area contributed by atoms with Gasteiger partial charge in [0, 0.05) is 31.1 Å². The SMILES string of the molecule is NC(=O)CN1CCC(NC(=O)C2CCC(N)C2)CC1. The lowest BCUT2D eigenvalue weighted by Crippen LogP contribution is -2.47. The molecule has 0 aromatic rings. The Kier molecular flexibility index (Phi) is 4.76. The van der Waals surface area contributed by atoms with Crippen molar-refractivity contribution in [2.24, 2.45) is 17.4 Å². The first-order valence-corrected chi connectivity index (χ1v) is 7.11. The highest BCUT2D eigenvalue weighted by Gasteiger charge is 2.30. The van der Waals surface area contributed by atoms with Crippen molar-refractivity contribution in [2.45, 2.75) is 44.2 Å². The number of piperidine rings is 1. The van der Waals surface area contributed by atoms with Crippen LogP contribution in [-0.2, 0) is 9.59 Å². The van der Waals surface area contributed by atoms with E-state index in [-0.39, 0.29) is 29.8 Å². The standard InChI is InChI=1S/C13H24N4O2/c14-10-2-1-9(7-10)13(19)16-11-3-5-17(6-4-11)8-12(15)18/h9-11H,1-8,14H2,(H2,15,18)(H,16,19). The summed E-state index contributed by atoms with van der Waals surface area (Å²) in [6.07, 6.45) is 4.45. The average molecular weight is 268 g/mol. The fourth-order valence-electron chi connectivity index (χ4n) is 3.03. The number of nitrogens with two attached hydrogens (primary N) is 2. The van der Waals surface area contributed by atoms with Gasteiger partial charge in [-0.25, -0.2) is 0 Å². The lowest BCUT2D eigenvalue weighted by atomic mass is 10.0. The van der Waals surface area contributed by atoms with Crippen LogP contribution in [0.25, 0.3) is 0 Å². The number of amides is 2. The van der Waals surface area contributed by atoms with Crippen LogP contribution in [-0.4, -0.2) is 48.4 Å². The maximum absolute atomic E-state index is 12.1. The predicted octanol–water partition coefficient (Wildman–Crippen LogP) is -0.820. The van der Waals surface area contributed by atoms with E-state index in [9.17, 15) is 9.59 Å². The molecule has 1 saturated heterocycles. The van der Waals surface area contributed by atoms with Gasteiger partial charge in [0.1, 0.15) is 0 Å². The highest BCUT2D eigenvalue weighted by Crippen LogP contribution is 2.24. The van der Waals surface area contributed by atoms with Crippen LogP contribution in [0.2, 0.25) is 0 Å². The smallest absolute Gasteiger partial charge is 0.231 e. The molecule has 108 valence electrons. The number of carbonyl (C=O) groups is 2. The van der Waals surface area contributed by atoms with E-state index in [1.807, 2.05) is 4.90 Å². The van der Waals surface area contributed by atoms with E-state index in [0.717, 1.165) is 45.2 Å². The van der Waals surface area contributed by atoms with Gasteiger partial charge in [0.25, 0.3) is 0 Å². The first-order valence-electron chi connectivity index (χ1n) is 7.11. The van der Waals surface area contributed by atoms with E-state index in [1.165, 1.54) is 0 Å². The largest absolute Gasteiger partial charge is 0.369 e. The summed E-state index contributed by atoms with van der Waals surface area (Å²) < 4.78 is 0. The van der Waals surface area contributed by atoms with Crippen molar-refractivity contribution in [3.05, 3.63) is 0 Å². The van der Waals surface area contributed by atoms with Crippen LogP contribution in [0.1, 0.15) is 32.1 Å². The zero-order valence-corrected chi connectivity index (χ0v) is 11.3. The predicted molar refractivity (Wildman–Crippen MR) is 72.1 cm³/mol. The first-order chi connectivity index (χ1) is 9.04. The van der Waals surface area contributed by atoms with Gasteiger partial charge in [-0.3, -0.25) is 14.5 Å². The van der Waals surface area contributed by atoms with Crippen LogP contribution in [0.5, 0.6) is 0 Å². The monoisotopic (exact) mass is 268 g/mol. The van der Waals surface area contributed by atoms with Crippen LogP contribution in [0.4, 0.5) is 0 Å². The molecule has 6 heteroatoms. The van der Waals surface area contributed by atoms with Gasteiger partial charge in [0.05, 0.1) is 6.54 Å². The molecule has 2 amide bonds. The topological polar surface area (TPSA) is 101 Å². The Balaban J connectivity index is 1.70. The van der Waals surface area contributed by atoms with Gasteiger partial charge in [-0.1, -0.05) is 0 Å². The molecule has 5 N–H and O–H groups in total. The number of carbonyl (C=O) groups excluding carboxylic acids is 2. The van der Waals surface area contributed by atoms with Crippen molar-refractivity contribution in [3.8, 4) is 0 Å². The van der Waals surface area contributed by atoms with Crippen molar-refractivity contribution in [3.63, 3.8) is 0 Å². The Morgan fingerprint density at radius 3 is 2.37 bits per heavy atom. The number of rotatable bonds is 4. The van der Waals surface area contributed by atoms with Crippen LogP contribution < -0.4 is 16.8 Å². The molecule has 0 spiro atoms. The summed E-state index contributed by atoms with van der Waals surface area (Å²) in [5.41, 5.74) is 11.0. The van der Waals surface area contributed by atoms with Crippen molar-refractivity contribution < 1.29 is 9.59 Å². The number of hydrogen-bond donors (Lipinski definition) is 3. The Morgan fingerprint density at radius 2 is 1.84 bits per heavy atom. The van der Waals surface area contributed by atoms with Gasteiger partial charge in [-0.05, 0) is 32.1 Å². The minimum atomic E-state index is -0.289. The van der Waals surface area contributed by atoms with E-state index in [1.54, 1.807) is 0 Å². The Bertz CT molecular complexity index is 340. The third-order valence-corrected chi connectivity index (χ3v) is 4.16. The number of nitrogens with one attached hydrogen (secondary N) is 1. The summed E-state index contributed by atoms with van der Waals surface area (Å²) in [6, 6.07) is 0.418. The molecule has 1 aliphatic carbocycles. The van der Waals surface area contributed by atoms with Gasteiger partial charge in [0.15, 0.2) is 0 Å². The van der Waals surface area contributed by atoms with E-state index in [0.29, 0.717) is 6.54 Å². The molecule has 1 heterocycles. The zero-order chi connectivity index (χ0) is 13.8. The molecule has 1 aliphatic heterocycles. The number of primary amides is 1. The molecule has 2 unspecified atom stereocenters. The molecule has 6 nitrogen and oxygen atoms in total.